The molecular formula is C22H36ClN7. The fourth-order valence-electron chi connectivity index (χ4n) is 5.04. The summed E-state index contributed by atoms with van der Waals surface area (Å²) in [7, 11) is 0. The Kier molecular flexibility index (Phi) is 7.44. The van der Waals surface area contributed by atoms with Crippen LogP contribution in [0.2, 0.25) is 5.28 Å². The molecule has 1 aliphatic carbocycles. The van der Waals surface area contributed by atoms with Crippen molar-refractivity contribution in [2.45, 2.75) is 71.3 Å². The smallest absolute Gasteiger partial charge is 0.226 e. The monoisotopic (exact) mass is 433 g/mol. The molecule has 1 saturated carbocycles. The van der Waals surface area contributed by atoms with Crippen LogP contribution in [-0.4, -0.2) is 62.2 Å². The molecule has 0 bridgehead atoms. The Hall–Kier alpha value is -1.44. The van der Waals surface area contributed by atoms with Gasteiger partial charge in [0.05, 0.1) is 6.33 Å². The predicted molar refractivity (Wildman–Crippen MR) is 123 cm³/mol. The van der Waals surface area contributed by atoms with Crippen molar-refractivity contribution in [3.63, 3.8) is 0 Å². The van der Waals surface area contributed by atoms with E-state index in [4.69, 9.17) is 11.6 Å². The minimum absolute atomic E-state index is 0.288. The maximum atomic E-state index is 6.28. The number of halogens is 1. The highest BCUT2D eigenvalue weighted by molar-refractivity contribution is 6.28. The molecule has 1 saturated heterocycles. The van der Waals surface area contributed by atoms with E-state index in [-0.39, 0.29) is 5.28 Å². The van der Waals surface area contributed by atoms with E-state index in [1.807, 2.05) is 6.33 Å². The van der Waals surface area contributed by atoms with E-state index in [9.17, 15) is 0 Å². The average Bonchev–Trinajstić information content (AvgIpc) is 3.42. The molecule has 3 heterocycles. The molecule has 8 heteroatoms. The van der Waals surface area contributed by atoms with Crippen LogP contribution in [0, 0.1) is 5.92 Å². The predicted octanol–water partition coefficient (Wildman–Crippen LogP) is 4.76. The summed E-state index contributed by atoms with van der Waals surface area (Å²) < 4.78 is 2.20. The molecule has 0 aromatic carbocycles. The van der Waals surface area contributed by atoms with Gasteiger partial charge in [-0.3, -0.25) is 0 Å². The Morgan fingerprint density at radius 1 is 1.10 bits per heavy atom. The highest BCUT2D eigenvalue weighted by Gasteiger charge is 2.24. The molecule has 2 aliphatic rings. The van der Waals surface area contributed by atoms with Crippen molar-refractivity contribution in [3.05, 3.63) is 11.6 Å². The number of anilines is 1. The van der Waals surface area contributed by atoms with E-state index in [0.29, 0.717) is 6.04 Å². The SMILES string of the molecule is CCN(CC)CCCC1CCN(Nc2nc(Cl)nc3c2ncn3C2CCCC2)CC1. The van der Waals surface area contributed by atoms with Crippen LogP contribution in [-0.2, 0) is 0 Å². The van der Waals surface area contributed by atoms with Gasteiger partial charge in [0.25, 0.3) is 0 Å². The van der Waals surface area contributed by atoms with E-state index >= 15 is 0 Å². The van der Waals surface area contributed by atoms with Crippen molar-refractivity contribution in [3.8, 4) is 0 Å². The first kappa shape index (κ1) is 21.8. The van der Waals surface area contributed by atoms with Crippen molar-refractivity contribution in [1.29, 1.82) is 0 Å². The van der Waals surface area contributed by atoms with E-state index in [1.165, 1.54) is 57.9 Å². The molecule has 1 N–H and O–H groups in total. The zero-order valence-corrected chi connectivity index (χ0v) is 19.2. The number of rotatable bonds is 9. The molecule has 1 aliphatic heterocycles. The van der Waals surface area contributed by atoms with E-state index in [2.05, 4.69) is 48.7 Å². The maximum Gasteiger partial charge on any atom is 0.226 e. The number of hydrazine groups is 1. The number of nitrogens with one attached hydrogen (secondary N) is 1. The van der Waals surface area contributed by atoms with Crippen LogP contribution < -0.4 is 5.43 Å². The van der Waals surface area contributed by atoms with Crippen molar-refractivity contribution in [2.75, 3.05) is 38.1 Å². The molecule has 7 nitrogen and oxygen atoms in total. The van der Waals surface area contributed by atoms with Crippen molar-refractivity contribution < 1.29 is 0 Å². The topological polar surface area (TPSA) is 62.1 Å². The standard InChI is InChI=1S/C22H36ClN7/c1-3-28(4-2)13-7-8-17-11-14-29(15-12-17)27-20-19-21(26-22(23)25-20)30(16-24-19)18-9-5-6-10-18/h16-18H,3-15H2,1-2H3,(H,25,26,27). The third-order valence-electron chi connectivity index (χ3n) is 6.97. The minimum Gasteiger partial charge on any atom is -0.312 e. The number of fused-ring (bicyclic) bond motifs is 1. The molecule has 0 atom stereocenters. The summed E-state index contributed by atoms with van der Waals surface area (Å²) in [5, 5.41) is 2.56. The molecule has 0 unspecified atom stereocenters. The number of hydrogen-bond acceptors (Lipinski definition) is 6. The lowest BCUT2D eigenvalue weighted by atomic mass is 9.93. The zero-order chi connectivity index (χ0) is 20.9. The largest absolute Gasteiger partial charge is 0.312 e. The number of aromatic nitrogens is 4. The molecule has 0 amide bonds. The lowest BCUT2D eigenvalue weighted by Crippen LogP contribution is -2.38. The van der Waals surface area contributed by atoms with E-state index < -0.39 is 0 Å². The van der Waals surface area contributed by atoms with Gasteiger partial charge in [-0.2, -0.15) is 9.97 Å². The molecular weight excluding hydrogens is 398 g/mol. The van der Waals surface area contributed by atoms with Crippen molar-refractivity contribution in [1.82, 2.24) is 29.4 Å². The summed E-state index contributed by atoms with van der Waals surface area (Å²) in [6.45, 7) is 10.1. The first-order valence-electron chi connectivity index (χ1n) is 11.8. The van der Waals surface area contributed by atoms with E-state index in [1.54, 1.807) is 0 Å². The van der Waals surface area contributed by atoms with Crippen LogP contribution in [0.5, 0.6) is 0 Å². The van der Waals surface area contributed by atoms with Crippen LogP contribution in [0.1, 0.15) is 71.3 Å². The van der Waals surface area contributed by atoms with Gasteiger partial charge < -0.3 is 14.9 Å². The summed E-state index contributed by atoms with van der Waals surface area (Å²) in [5.41, 5.74) is 5.18. The van der Waals surface area contributed by atoms with Gasteiger partial charge in [-0.15, -0.1) is 0 Å². The fraction of sp³-hybridized carbons (Fsp3) is 0.773. The summed E-state index contributed by atoms with van der Waals surface area (Å²) >= 11 is 6.28. The van der Waals surface area contributed by atoms with Gasteiger partial charge >= 0.3 is 0 Å². The fourth-order valence-corrected chi connectivity index (χ4v) is 5.21. The quantitative estimate of drug-likeness (QED) is 0.575. The Morgan fingerprint density at radius 3 is 2.53 bits per heavy atom. The van der Waals surface area contributed by atoms with Gasteiger partial charge in [-0.1, -0.05) is 26.7 Å². The van der Waals surface area contributed by atoms with Gasteiger partial charge in [0.1, 0.15) is 0 Å². The lowest BCUT2D eigenvalue weighted by molar-refractivity contribution is 0.200. The second-order valence-corrected chi connectivity index (χ2v) is 9.15. The molecule has 2 aromatic rings. The summed E-state index contributed by atoms with van der Waals surface area (Å²) in [6.07, 6.45) is 11.9. The minimum atomic E-state index is 0.288. The van der Waals surface area contributed by atoms with E-state index in [0.717, 1.165) is 49.1 Å². The van der Waals surface area contributed by atoms with Gasteiger partial charge in [-0.05, 0) is 75.7 Å². The van der Waals surface area contributed by atoms with Crippen LogP contribution in [0.15, 0.2) is 6.33 Å². The molecule has 2 aromatic heterocycles. The molecule has 0 spiro atoms. The van der Waals surface area contributed by atoms with Crippen LogP contribution >= 0.6 is 11.6 Å². The van der Waals surface area contributed by atoms with Crippen LogP contribution in [0.4, 0.5) is 5.82 Å². The van der Waals surface area contributed by atoms with Gasteiger partial charge in [0.2, 0.25) is 5.28 Å². The van der Waals surface area contributed by atoms with Crippen molar-refractivity contribution >= 4 is 28.6 Å². The number of piperidine rings is 1. The molecule has 30 heavy (non-hydrogen) atoms. The zero-order valence-electron chi connectivity index (χ0n) is 18.5. The molecule has 2 fully saturated rings. The van der Waals surface area contributed by atoms with Crippen LogP contribution in [0.25, 0.3) is 11.2 Å². The average molecular weight is 434 g/mol. The summed E-state index contributed by atoms with van der Waals surface area (Å²) in [6, 6.07) is 0.487. The summed E-state index contributed by atoms with van der Waals surface area (Å²) in [5.74, 6) is 1.57. The second kappa shape index (κ2) is 10.2. The lowest BCUT2D eigenvalue weighted by Gasteiger charge is -2.32. The molecule has 166 valence electrons. The first-order chi connectivity index (χ1) is 14.7. The Bertz CT molecular complexity index is 805. The van der Waals surface area contributed by atoms with Crippen molar-refractivity contribution in [2.24, 2.45) is 5.92 Å². The number of hydrogen-bond donors (Lipinski definition) is 1. The highest BCUT2D eigenvalue weighted by Crippen LogP contribution is 2.33. The normalized spacial score (nSPS) is 19.3. The maximum absolute atomic E-state index is 6.28. The van der Waals surface area contributed by atoms with Gasteiger partial charge in [-0.25, -0.2) is 9.99 Å². The molecule has 0 radical (unpaired) electrons. The summed E-state index contributed by atoms with van der Waals surface area (Å²) in [4.78, 5) is 16.1. The number of imidazole rings is 1. The number of nitrogens with zero attached hydrogens (tertiary/aromatic N) is 6. The first-order valence-corrected chi connectivity index (χ1v) is 12.2. The molecule has 4 rings (SSSR count). The highest BCUT2D eigenvalue weighted by atomic mass is 35.5. The van der Waals surface area contributed by atoms with Crippen LogP contribution in [0.3, 0.4) is 0 Å². The van der Waals surface area contributed by atoms with Gasteiger partial charge in [0.15, 0.2) is 17.0 Å². The second-order valence-electron chi connectivity index (χ2n) is 8.81. The Labute approximate surface area is 185 Å². The third kappa shape index (κ3) is 5.06. The third-order valence-corrected chi connectivity index (χ3v) is 7.14. The van der Waals surface area contributed by atoms with Gasteiger partial charge in [0, 0.05) is 19.1 Å². The Morgan fingerprint density at radius 2 is 1.83 bits per heavy atom. The Balaban J connectivity index is 1.34.